The van der Waals surface area contributed by atoms with Gasteiger partial charge in [0.2, 0.25) is 5.91 Å². The molecular formula is C21H33N3O. The first-order valence-electron chi connectivity index (χ1n) is 9.84. The van der Waals surface area contributed by atoms with Crippen LogP contribution in [0.1, 0.15) is 57.9 Å². The molecule has 1 aliphatic heterocycles. The number of nitrogens with zero attached hydrogens (tertiary/aromatic N) is 2. The van der Waals surface area contributed by atoms with Crippen LogP contribution in [0.2, 0.25) is 0 Å². The topological polar surface area (TPSA) is 35.6 Å². The van der Waals surface area contributed by atoms with Gasteiger partial charge in [0.1, 0.15) is 0 Å². The fourth-order valence-electron chi connectivity index (χ4n) is 4.71. The monoisotopic (exact) mass is 343 g/mol. The van der Waals surface area contributed by atoms with Gasteiger partial charge in [0.25, 0.3) is 0 Å². The molecule has 4 nitrogen and oxygen atoms in total. The van der Waals surface area contributed by atoms with Crippen LogP contribution >= 0.6 is 0 Å². The normalized spacial score (nSPS) is 23.3. The molecule has 0 aromatic heterocycles. The van der Waals surface area contributed by atoms with Gasteiger partial charge in [-0.25, -0.2) is 0 Å². The number of hydrogen-bond acceptors (Lipinski definition) is 3. The molecule has 138 valence electrons. The summed E-state index contributed by atoms with van der Waals surface area (Å²) in [6.45, 7) is 7.14. The molecule has 1 aromatic carbocycles. The molecule has 4 heteroatoms. The lowest BCUT2D eigenvalue weighted by atomic mass is 9.79. The summed E-state index contributed by atoms with van der Waals surface area (Å²) in [4.78, 5) is 16.5. The van der Waals surface area contributed by atoms with Crippen molar-refractivity contribution in [3.05, 3.63) is 29.8 Å². The van der Waals surface area contributed by atoms with Crippen LogP contribution in [-0.4, -0.2) is 47.4 Å². The Bertz CT molecular complexity index is 577. The highest BCUT2D eigenvalue weighted by Crippen LogP contribution is 2.43. The van der Waals surface area contributed by atoms with Crippen LogP contribution in [0.5, 0.6) is 0 Å². The number of likely N-dealkylation sites (N-methyl/N-ethyl adjacent to an activating group) is 1. The molecule has 1 amide bonds. The number of benzene rings is 1. The van der Waals surface area contributed by atoms with E-state index in [1.54, 1.807) is 6.92 Å². The van der Waals surface area contributed by atoms with E-state index in [2.05, 4.69) is 41.2 Å². The second-order valence-electron chi connectivity index (χ2n) is 7.97. The van der Waals surface area contributed by atoms with E-state index in [-0.39, 0.29) is 5.91 Å². The van der Waals surface area contributed by atoms with Crippen molar-refractivity contribution < 1.29 is 4.79 Å². The third kappa shape index (κ3) is 4.24. The van der Waals surface area contributed by atoms with Crippen LogP contribution in [0.4, 0.5) is 5.69 Å². The fraction of sp³-hybridized carbons (Fsp3) is 0.667. The predicted octanol–water partition coefficient (Wildman–Crippen LogP) is 3.87. The lowest BCUT2D eigenvalue weighted by Gasteiger charge is -2.41. The molecule has 1 spiro atoms. The summed E-state index contributed by atoms with van der Waals surface area (Å²) in [6, 6.07) is 9.06. The Morgan fingerprint density at radius 3 is 2.52 bits per heavy atom. The van der Waals surface area contributed by atoms with Crippen LogP contribution in [-0.2, 0) is 11.3 Å². The number of carbonyl (C=O) groups excluding carboxylic acids is 1. The largest absolute Gasteiger partial charge is 0.326 e. The van der Waals surface area contributed by atoms with Crippen molar-refractivity contribution in [1.29, 1.82) is 0 Å². The van der Waals surface area contributed by atoms with Gasteiger partial charge in [0.05, 0.1) is 0 Å². The molecular weight excluding hydrogens is 310 g/mol. The number of nitrogens with one attached hydrogen (secondary N) is 1. The van der Waals surface area contributed by atoms with Crippen molar-refractivity contribution >= 4 is 11.6 Å². The Labute approximate surface area is 152 Å². The van der Waals surface area contributed by atoms with E-state index in [9.17, 15) is 4.79 Å². The van der Waals surface area contributed by atoms with Crippen LogP contribution < -0.4 is 5.32 Å². The first kappa shape index (κ1) is 18.4. The Morgan fingerprint density at radius 1 is 1.24 bits per heavy atom. The first-order valence-corrected chi connectivity index (χ1v) is 9.84. The van der Waals surface area contributed by atoms with Crippen molar-refractivity contribution in [2.75, 3.05) is 25.5 Å². The molecule has 1 aliphatic carbocycles. The van der Waals surface area contributed by atoms with Crippen molar-refractivity contribution in [1.82, 2.24) is 9.80 Å². The zero-order chi connectivity index (χ0) is 17.9. The Kier molecular flexibility index (Phi) is 5.80. The molecule has 1 saturated carbocycles. The highest BCUT2D eigenvalue weighted by molar-refractivity contribution is 5.88. The van der Waals surface area contributed by atoms with E-state index < -0.39 is 0 Å². The maximum atomic E-state index is 11.2. The first-order chi connectivity index (χ1) is 12.0. The van der Waals surface area contributed by atoms with E-state index in [0.717, 1.165) is 18.8 Å². The van der Waals surface area contributed by atoms with Gasteiger partial charge >= 0.3 is 0 Å². The van der Waals surface area contributed by atoms with Gasteiger partial charge in [0.15, 0.2) is 0 Å². The van der Waals surface area contributed by atoms with Crippen molar-refractivity contribution in [3.8, 4) is 0 Å². The summed E-state index contributed by atoms with van der Waals surface area (Å²) in [5, 5.41) is 2.85. The maximum Gasteiger partial charge on any atom is 0.221 e. The molecule has 1 saturated heterocycles. The molecule has 0 bridgehead atoms. The molecule has 0 radical (unpaired) electrons. The molecule has 1 heterocycles. The van der Waals surface area contributed by atoms with Gasteiger partial charge in [-0.2, -0.15) is 0 Å². The second-order valence-corrected chi connectivity index (χ2v) is 7.97. The minimum absolute atomic E-state index is 0.0149. The fourth-order valence-corrected chi connectivity index (χ4v) is 4.71. The lowest BCUT2D eigenvalue weighted by Crippen LogP contribution is -2.44. The van der Waals surface area contributed by atoms with E-state index in [1.807, 2.05) is 12.1 Å². The Morgan fingerprint density at radius 2 is 1.92 bits per heavy atom. The summed E-state index contributed by atoms with van der Waals surface area (Å²) in [5.41, 5.74) is 2.63. The van der Waals surface area contributed by atoms with Crippen LogP contribution in [0.3, 0.4) is 0 Å². The van der Waals surface area contributed by atoms with Crippen molar-refractivity contribution in [2.24, 2.45) is 0 Å². The Balaban J connectivity index is 1.73. The second kappa shape index (κ2) is 7.88. The van der Waals surface area contributed by atoms with Crippen LogP contribution in [0.25, 0.3) is 0 Å². The molecule has 25 heavy (non-hydrogen) atoms. The molecule has 1 atom stereocenters. The summed E-state index contributed by atoms with van der Waals surface area (Å²) in [6.07, 6.45) is 8.17. The number of carbonyl (C=O) groups is 1. The average Bonchev–Trinajstić information content (AvgIpc) is 2.94. The molecule has 2 aliphatic rings. The third-order valence-electron chi connectivity index (χ3n) is 6.27. The van der Waals surface area contributed by atoms with Crippen LogP contribution in [0, 0.1) is 0 Å². The number of rotatable bonds is 5. The van der Waals surface area contributed by atoms with Gasteiger partial charge in [-0.1, -0.05) is 38.3 Å². The molecule has 1 N–H and O–H groups in total. The van der Waals surface area contributed by atoms with Crippen molar-refractivity contribution in [3.63, 3.8) is 0 Å². The number of hydrogen-bond donors (Lipinski definition) is 1. The summed E-state index contributed by atoms with van der Waals surface area (Å²) in [5.74, 6) is -0.0149. The van der Waals surface area contributed by atoms with Gasteiger partial charge in [-0.05, 0) is 50.6 Å². The third-order valence-corrected chi connectivity index (χ3v) is 6.27. The highest BCUT2D eigenvalue weighted by atomic mass is 16.1. The number of amides is 1. The predicted molar refractivity (Wildman–Crippen MR) is 104 cm³/mol. The van der Waals surface area contributed by atoms with E-state index in [0.29, 0.717) is 11.6 Å². The van der Waals surface area contributed by atoms with E-state index in [1.165, 1.54) is 50.6 Å². The SMILES string of the molecule is CCN(C)[C@@H]1CN(Cc2ccc(NC(C)=O)cc2)C2(CCCCC2)C1. The minimum atomic E-state index is -0.0149. The van der Waals surface area contributed by atoms with Crippen LogP contribution in [0.15, 0.2) is 24.3 Å². The molecule has 1 aromatic rings. The quantitative estimate of drug-likeness (QED) is 0.881. The molecule has 2 fully saturated rings. The maximum absolute atomic E-state index is 11.2. The van der Waals surface area contributed by atoms with Gasteiger partial charge in [-0.15, -0.1) is 0 Å². The summed E-state index contributed by atoms with van der Waals surface area (Å²) in [7, 11) is 2.27. The molecule has 0 unspecified atom stereocenters. The zero-order valence-electron chi connectivity index (χ0n) is 16.1. The molecule has 3 rings (SSSR count). The zero-order valence-corrected chi connectivity index (χ0v) is 16.1. The average molecular weight is 344 g/mol. The number of likely N-dealkylation sites (tertiary alicyclic amines) is 1. The minimum Gasteiger partial charge on any atom is -0.326 e. The number of anilines is 1. The smallest absolute Gasteiger partial charge is 0.221 e. The lowest BCUT2D eigenvalue weighted by molar-refractivity contribution is -0.114. The summed E-state index contributed by atoms with van der Waals surface area (Å²) >= 11 is 0. The van der Waals surface area contributed by atoms with E-state index in [4.69, 9.17) is 0 Å². The van der Waals surface area contributed by atoms with E-state index >= 15 is 0 Å². The van der Waals surface area contributed by atoms with Crippen molar-refractivity contribution in [2.45, 2.75) is 70.5 Å². The van der Waals surface area contributed by atoms with Gasteiger partial charge in [-0.3, -0.25) is 9.69 Å². The highest BCUT2D eigenvalue weighted by Gasteiger charge is 2.46. The Hall–Kier alpha value is -1.39. The summed E-state index contributed by atoms with van der Waals surface area (Å²) < 4.78 is 0. The standard InChI is InChI=1S/C21H33N3O/c1-4-23(3)20-14-21(12-6-5-7-13-21)24(16-20)15-18-8-10-19(11-9-18)22-17(2)25/h8-11,20H,4-7,12-16H2,1-3H3,(H,22,25)/t20-/m0/s1. The van der Waals surface area contributed by atoms with Gasteiger partial charge < -0.3 is 10.2 Å². The van der Waals surface area contributed by atoms with Gasteiger partial charge in [0, 0.05) is 37.3 Å².